The van der Waals surface area contributed by atoms with Gasteiger partial charge in [-0.2, -0.15) is 0 Å². The Bertz CT molecular complexity index is 1290. The van der Waals surface area contributed by atoms with E-state index in [0.29, 0.717) is 28.6 Å². The van der Waals surface area contributed by atoms with Gasteiger partial charge >= 0.3 is 5.97 Å². The molecule has 0 aliphatic heterocycles. The van der Waals surface area contributed by atoms with Gasteiger partial charge in [0.05, 0.1) is 23.8 Å². The number of hydrogen-bond acceptors (Lipinski definition) is 5. The number of carbonyl (C=O) groups excluding carboxylic acids is 1. The second-order valence-corrected chi connectivity index (χ2v) is 8.77. The monoisotopic (exact) mass is 464 g/mol. The molecule has 2 aromatic carbocycles. The SMILES string of the molecule is COCc1c(C(=O)OC2CCCC2)ncc2[nH]c3cccc(OCc4ccc(Cl)cc4)c3c12. The molecule has 1 fully saturated rings. The number of H-pyrrole nitrogens is 1. The molecule has 2 aromatic heterocycles. The first kappa shape index (κ1) is 21.7. The number of hydrogen-bond donors (Lipinski definition) is 1. The number of nitrogens with one attached hydrogen (secondary N) is 1. The number of carbonyl (C=O) groups is 1. The molecule has 1 saturated carbocycles. The molecule has 170 valence electrons. The molecule has 1 aliphatic rings. The summed E-state index contributed by atoms with van der Waals surface area (Å²) in [5.41, 5.74) is 3.73. The molecule has 5 rings (SSSR count). The highest BCUT2D eigenvalue weighted by Crippen LogP contribution is 2.37. The van der Waals surface area contributed by atoms with E-state index in [-0.39, 0.29) is 12.7 Å². The molecule has 0 amide bonds. The van der Waals surface area contributed by atoms with Crippen LogP contribution in [-0.2, 0) is 22.7 Å². The molecular formula is C26H25ClN2O4. The third-order valence-electron chi connectivity index (χ3n) is 6.09. The molecule has 1 aliphatic carbocycles. The molecule has 2 heterocycles. The lowest BCUT2D eigenvalue weighted by molar-refractivity contribution is 0.0306. The average Bonchev–Trinajstić information content (AvgIpc) is 3.46. The van der Waals surface area contributed by atoms with E-state index in [4.69, 9.17) is 25.8 Å². The number of ether oxygens (including phenoxy) is 3. The Balaban J connectivity index is 1.57. The number of halogens is 1. The van der Waals surface area contributed by atoms with Crippen LogP contribution in [0.1, 0.15) is 47.3 Å². The summed E-state index contributed by atoms with van der Waals surface area (Å²) in [5.74, 6) is 0.317. The van der Waals surface area contributed by atoms with Crippen molar-refractivity contribution in [2.45, 2.75) is 45.0 Å². The van der Waals surface area contributed by atoms with Gasteiger partial charge in [0.25, 0.3) is 0 Å². The lowest BCUT2D eigenvalue weighted by Crippen LogP contribution is -2.18. The van der Waals surface area contributed by atoms with Crippen molar-refractivity contribution in [2.24, 2.45) is 0 Å². The van der Waals surface area contributed by atoms with E-state index < -0.39 is 5.97 Å². The highest BCUT2D eigenvalue weighted by Gasteiger charge is 2.25. The third-order valence-corrected chi connectivity index (χ3v) is 6.34. The molecule has 0 radical (unpaired) electrons. The van der Waals surface area contributed by atoms with Crippen molar-refractivity contribution in [2.75, 3.05) is 7.11 Å². The number of methoxy groups -OCH3 is 1. The van der Waals surface area contributed by atoms with Crippen LogP contribution < -0.4 is 4.74 Å². The van der Waals surface area contributed by atoms with Crippen LogP contribution in [0, 0.1) is 0 Å². The highest BCUT2D eigenvalue weighted by atomic mass is 35.5. The van der Waals surface area contributed by atoms with Gasteiger partial charge in [0.2, 0.25) is 0 Å². The van der Waals surface area contributed by atoms with E-state index in [1.807, 2.05) is 42.5 Å². The molecular weight excluding hydrogens is 440 g/mol. The molecule has 4 aromatic rings. The summed E-state index contributed by atoms with van der Waals surface area (Å²) in [7, 11) is 1.61. The zero-order chi connectivity index (χ0) is 22.8. The first-order chi connectivity index (χ1) is 16.1. The standard InChI is InChI=1S/C26H25ClN2O4/c1-31-15-19-23-21(13-28-25(19)26(30)33-18-5-2-3-6-18)29-20-7-4-8-22(24(20)23)32-14-16-9-11-17(27)12-10-16/h4,7-13,18,29H,2-3,5-6,14-15H2,1H3. The fraction of sp³-hybridized carbons (Fsp3) is 0.308. The summed E-state index contributed by atoms with van der Waals surface area (Å²) >= 11 is 6.00. The quantitative estimate of drug-likeness (QED) is 0.330. The van der Waals surface area contributed by atoms with E-state index in [1.165, 1.54) is 0 Å². The normalized spacial score (nSPS) is 14.2. The summed E-state index contributed by atoms with van der Waals surface area (Å²) in [4.78, 5) is 20.9. The van der Waals surface area contributed by atoms with E-state index in [9.17, 15) is 4.79 Å². The fourth-order valence-corrected chi connectivity index (χ4v) is 4.63. The number of pyridine rings is 1. The van der Waals surface area contributed by atoms with Gasteiger partial charge < -0.3 is 19.2 Å². The minimum Gasteiger partial charge on any atom is -0.488 e. The van der Waals surface area contributed by atoms with E-state index in [2.05, 4.69) is 9.97 Å². The average molecular weight is 465 g/mol. The summed E-state index contributed by atoms with van der Waals surface area (Å²) < 4.78 is 17.5. The molecule has 0 unspecified atom stereocenters. The fourth-order valence-electron chi connectivity index (χ4n) is 4.51. The van der Waals surface area contributed by atoms with Crippen LogP contribution in [0.4, 0.5) is 0 Å². The van der Waals surface area contributed by atoms with Crippen molar-refractivity contribution in [3.05, 3.63) is 70.5 Å². The lowest BCUT2D eigenvalue weighted by Gasteiger charge is -2.14. The molecule has 33 heavy (non-hydrogen) atoms. The Morgan fingerprint density at radius 2 is 1.85 bits per heavy atom. The van der Waals surface area contributed by atoms with Crippen LogP contribution in [0.3, 0.4) is 0 Å². The molecule has 0 saturated heterocycles. The van der Waals surface area contributed by atoms with Gasteiger partial charge in [-0.05, 0) is 55.5 Å². The maximum absolute atomic E-state index is 13.0. The van der Waals surface area contributed by atoms with E-state index in [1.54, 1.807) is 13.3 Å². The van der Waals surface area contributed by atoms with Gasteiger partial charge in [-0.15, -0.1) is 0 Å². The number of benzene rings is 2. The summed E-state index contributed by atoms with van der Waals surface area (Å²) in [6.45, 7) is 0.627. The van der Waals surface area contributed by atoms with Crippen LogP contribution in [0.5, 0.6) is 5.75 Å². The van der Waals surface area contributed by atoms with Crippen molar-refractivity contribution >= 4 is 39.4 Å². The van der Waals surface area contributed by atoms with E-state index >= 15 is 0 Å². The number of nitrogens with zero attached hydrogens (tertiary/aromatic N) is 1. The minimum atomic E-state index is -0.398. The maximum Gasteiger partial charge on any atom is 0.357 e. The van der Waals surface area contributed by atoms with Crippen molar-refractivity contribution in [1.29, 1.82) is 0 Å². The Morgan fingerprint density at radius 3 is 2.61 bits per heavy atom. The topological polar surface area (TPSA) is 73.4 Å². The van der Waals surface area contributed by atoms with Gasteiger partial charge in [0.1, 0.15) is 18.5 Å². The van der Waals surface area contributed by atoms with Gasteiger partial charge in [0.15, 0.2) is 5.69 Å². The Hall–Kier alpha value is -3.09. The number of fused-ring (bicyclic) bond motifs is 3. The number of aromatic nitrogens is 2. The predicted octanol–water partition coefficient (Wildman–Crippen LogP) is 6.19. The van der Waals surface area contributed by atoms with Gasteiger partial charge in [-0.3, -0.25) is 0 Å². The number of esters is 1. The molecule has 0 bridgehead atoms. The minimum absolute atomic E-state index is 0.0355. The maximum atomic E-state index is 13.0. The summed E-state index contributed by atoms with van der Waals surface area (Å²) in [6, 6.07) is 13.4. The van der Waals surface area contributed by atoms with Crippen molar-refractivity contribution in [1.82, 2.24) is 9.97 Å². The molecule has 0 spiro atoms. The van der Waals surface area contributed by atoms with Crippen LogP contribution in [0.15, 0.2) is 48.7 Å². The van der Waals surface area contributed by atoms with Gasteiger partial charge in [0, 0.05) is 28.5 Å². The Kier molecular flexibility index (Phi) is 6.20. The summed E-state index contributed by atoms with van der Waals surface area (Å²) in [6.07, 6.45) is 5.64. The molecule has 7 heteroatoms. The zero-order valence-electron chi connectivity index (χ0n) is 18.4. The number of rotatable bonds is 7. The third kappa shape index (κ3) is 4.41. The lowest BCUT2D eigenvalue weighted by atomic mass is 10.0. The smallest absolute Gasteiger partial charge is 0.357 e. The highest BCUT2D eigenvalue weighted by molar-refractivity contribution is 6.30. The van der Waals surface area contributed by atoms with Gasteiger partial charge in [-0.25, -0.2) is 9.78 Å². The van der Waals surface area contributed by atoms with Crippen molar-refractivity contribution in [3.8, 4) is 5.75 Å². The zero-order valence-corrected chi connectivity index (χ0v) is 19.2. The van der Waals surface area contributed by atoms with Gasteiger partial charge in [-0.1, -0.05) is 29.8 Å². The predicted molar refractivity (Wildman–Crippen MR) is 128 cm³/mol. The second-order valence-electron chi connectivity index (χ2n) is 8.34. The first-order valence-electron chi connectivity index (χ1n) is 11.1. The van der Waals surface area contributed by atoms with E-state index in [0.717, 1.165) is 53.1 Å². The van der Waals surface area contributed by atoms with Crippen LogP contribution in [-0.4, -0.2) is 29.2 Å². The first-order valence-corrected chi connectivity index (χ1v) is 11.5. The largest absolute Gasteiger partial charge is 0.488 e. The second kappa shape index (κ2) is 9.41. The van der Waals surface area contributed by atoms with Crippen LogP contribution >= 0.6 is 11.6 Å². The van der Waals surface area contributed by atoms with Crippen LogP contribution in [0.25, 0.3) is 21.8 Å². The number of aromatic amines is 1. The van der Waals surface area contributed by atoms with Crippen molar-refractivity contribution < 1.29 is 19.0 Å². The molecule has 0 atom stereocenters. The Morgan fingerprint density at radius 1 is 1.06 bits per heavy atom. The molecule has 1 N–H and O–H groups in total. The molecule has 6 nitrogen and oxygen atoms in total. The van der Waals surface area contributed by atoms with Crippen LogP contribution in [0.2, 0.25) is 5.02 Å². The van der Waals surface area contributed by atoms with Crippen molar-refractivity contribution in [3.63, 3.8) is 0 Å². The Labute approximate surface area is 196 Å². The summed E-state index contributed by atoms with van der Waals surface area (Å²) in [5, 5.41) is 2.45.